The molecule has 26 heavy (non-hydrogen) atoms. The maximum Gasteiger partial charge on any atom is 0.408 e. The predicted octanol–water partition coefficient (Wildman–Crippen LogP) is 3.03. The number of carbonyl (C=O) groups excluding carboxylic acids is 2. The Labute approximate surface area is 154 Å². The predicted molar refractivity (Wildman–Crippen MR) is 97.7 cm³/mol. The van der Waals surface area contributed by atoms with Gasteiger partial charge in [-0.15, -0.1) is 0 Å². The van der Waals surface area contributed by atoms with E-state index >= 15 is 0 Å². The van der Waals surface area contributed by atoms with Gasteiger partial charge < -0.3 is 24.4 Å². The highest BCUT2D eigenvalue weighted by atomic mass is 31.2. The van der Waals surface area contributed by atoms with E-state index in [0.29, 0.717) is 0 Å². The van der Waals surface area contributed by atoms with Crippen LogP contribution in [0.1, 0.15) is 33.3 Å². The maximum atomic E-state index is 12.6. The Hall–Kier alpha value is -1.89. The number of ether oxygens (including phenoxy) is 1. The van der Waals surface area contributed by atoms with E-state index in [1.807, 2.05) is 30.3 Å². The molecule has 0 spiro atoms. The van der Waals surface area contributed by atoms with Crippen molar-refractivity contribution in [2.24, 2.45) is 0 Å². The molecule has 0 radical (unpaired) electrons. The molecule has 0 aliphatic heterocycles. The monoisotopic (exact) mass is 386 g/mol. The number of amides is 2. The van der Waals surface area contributed by atoms with E-state index in [1.165, 1.54) is 13.8 Å². The van der Waals surface area contributed by atoms with E-state index in [2.05, 4.69) is 10.6 Å². The van der Waals surface area contributed by atoms with E-state index in [9.17, 15) is 14.2 Å². The number of carbonyl (C=O) groups is 2. The van der Waals surface area contributed by atoms with Gasteiger partial charge in [-0.2, -0.15) is 0 Å². The number of nitrogens with one attached hydrogen (secondary N) is 2. The number of hydrogen-bond donors (Lipinski definition) is 2. The van der Waals surface area contributed by atoms with Gasteiger partial charge in [0.1, 0.15) is 18.4 Å². The maximum absolute atomic E-state index is 12.6. The third-order valence-electron chi connectivity index (χ3n) is 3.38. The highest BCUT2D eigenvalue weighted by Crippen LogP contribution is 2.51. The lowest BCUT2D eigenvalue weighted by Crippen LogP contribution is -2.47. The van der Waals surface area contributed by atoms with Crippen LogP contribution in [0, 0.1) is 0 Å². The first-order chi connectivity index (χ1) is 12.3. The minimum Gasteiger partial charge on any atom is -0.445 e. The van der Waals surface area contributed by atoms with Crippen molar-refractivity contribution < 1.29 is 27.9 Å². The molecule has 0 aliphatic rings. The van der Waals surface area contributed by atoms with Gasteiger partial charge in [0.2, 0.25) is 5.91 Å². The molecule has 2 N–H and O–H groups in total. The van der Waals surface area contributed by atoms with Crippen molar-refractivity contribution in [3.8, 4) is 0 Å². The van der Waals surface area contributed by atoms with Crippen molar-refractivity contribution >= 4 is 19.6 Å². The van der Waals surface area contributed by atoms with Crippen LogP contribution in [0.5, 0.6) is 0 Å². The lowest BCUT2D eigenvalue weighted by molar-refractivity contribution is -0.123. The second kappa shape index (κ2) is 11.0. The quantitative estimate of drug-likeness (QED) is 0.599. The van der Waals surface area contributed by atoms with E-state index in [0.717, 1.165) is 5.56 Å². The number of alkyl carbamates (subject to hydrolysis) is 1. The number of rotatable bonds is 10. The van der Waals surface area contributed by atoms with Gasteiger partial charge in [0.25, 0.3) is 0 Å². The SMILES string of the molecule is CCOP(=O)(OCC)C(C)NC(=O)[C@H](C)NC(=O)OCc1ccccc1. The van der Waals surface area contributed by atoms with Crippen molar-refractivity contribution in [1.82, 2.24) is 10.6 Å². The first kappa shape index (κ1) is 22.2. The first-order valence-corrected chi connectivity index (χ1v) is 10.1. The molecule has 1 aromatic carbocycles. The summed E-state index contributed by atoms with van der Waals surface area (Å²) in [4.78, 5) is 24.0. The second-order valence-electron chi connectivity index (χ2n) is 5.49. The van der Waals surface area contributed by atoms with Crippen molar-refractivity contribution in [1.29, 1.82) is 0 Å². The Morgan fingerprint density at radius 3 is 2.15 bits per heavy atom. The van der Waals surface area contributed by atoms with E-state index in [1.54, 1.807) is 13.8 Å². The van der Waals surface area contributed by atoms with Crippen molar-refractivity contribution in [2.75, 3.05) is 13.2 Å². The molecule has 1 aromatic rings. The lowest BCUT2D eigenvalue weighted by Gasteiger charge is -2.25. The molecule has 8 nitrogen and oxygen atoms in total. The minimum atomic E-state index is -3.47. The molecule has 0 aliphatic carbocycles. The molecular weight excluding hydrogens is 359 g/mol. The standard InChI is InChI=1S/C17H27N2O6P/c1-5-24-26(22,25-6-2)14(4)19-16(20)13(3)18-17(21)23-12-15-10-8-7-9-11-15/h7-11,13-14H,5-6,12H2,1-4H3,(H,18,21)(H,19,20)/t13-,14?/m0/s1. The molecule has 1 unspecified atom stereocenters. The van der Waals surface area contributed by atoms with Gasteiger partial charge >= 0.3 is 13.7 Å². The fourth-order valence-corrected chi connectivity index (χ4v) is 3.56. The Morgan fingerprint density at radius 1 is 1.04 bits per heavy atom. The number of hydrogen-bond acceptors (Lipinski definition) is 6. The fraction of sp³-hybridized carbons (Fsp3) is 0.529. The summed E-state index contributed by atoms with van der Waals surface area (Å²) >= 11 is 0. The lowest BCUT2D eigenvalue weighted by atomic mass is 10.2. The average molecular weight is 386 g/mol. The normalized spacial score (nSPS) is 13.5. The summed E-state index contributed by atoms with van der Waals surface area (Å²) in [6, 6.07) is 8.30. The van der Waals surface area contributed by atoms with E-state index < -0.39 is 31.4 Å². The van der Waals surface area contributed by atoms with Gasteiger partial charge in [-0.05, 0) is 33.3 Å². The van der Waals surface area contributed by atoms with Crippen molar-refractivity contribution in [2.45, 2.75) is 46.1 Å². The Kier molecular flexibility index (Phi) is 9.34. The van der Waals surface area contributed by atoms with Gasteiger partial charge in [0.05, 0.1) is 13.2 Å². The molecule has 0 fully saturated rings. The van der Waals surface area contributed by atoms with Crippen LogP contribution in [0.2, 0.25) is 0 Å². The molecular formula is C17H27N2O6P. The van der Waals surface area contributed by atoms with E-state index in [4.69, 9.17) is 13.8 Å². The highest BCUT2D eigenvalue weighted by molar-refractivity contribution is 7.54. The molecule has 146 valence electrons. The Bertz CT molecular complexity index is 615. The van der Waals surface area contributed by atoms with Gasteiger partial charge in [-0.1, -0.05) is 30.3 Å². The molecule has 0 saturated carbocycles. The molecule has 2 atom stereocenters. The van der Waals surface area contributed by atoms with Crippen LogP contribution >= 0.6 is 7.60 Å². The van der Waals surface area contributed by atoms with Gasteiger partial charge in [-0.25, -0.2) is 4.79 Å². The smallest absolute Gasteiger partial charge is 0.408 e. The summed E-state index contributed by atoms with van der Waals surface area (Å²) in [6.07, 6.45) is -0.720. The third kappa shape index (κ3) is 7.15. The van der Waals surface area contributed by atoms with Gasteiger partial charge in [-0.3, -0.25) is 9.36 Å². The molecule has 2 amide bonds. The van der Waals surface area contributed by atoms with Crippen molar-refractivity contribution in [3.05, 3.63) is 35.9 Å². The average Bonchev–Trinajstić information content (AvgIpc) is 2.61. The summed E-state index contributed by atoms with van der Waals surface area (Å²) < 4.78 is 28.0. The summed E-state index contributed by atoms with van der Waals surface area (Å²) in [5, 5.41) is 4.97. The molecule has 1 rings (SSSR count). The minimum absolute atomic E-state index is 0.0985. The molecule has 0 saturated heterocycles. The largest absolute Gasteiger partial charge is 0.445 e. The topological polar surface area (TPSA) is 103 Å². The van der Waals surface area contributed by atoms with Gasteiger partial charge in [0, 0.05) is 0 Å². The fourth-order valence-electron chi connectivity index (χ4n) is 2.04. The Morgan fingerprint density at radius 2 is 1.62 bits per heavy atom. The highest BCUT2D eigenvalue weighted by Gasteiger charge is 2.34. The zero-order valence-electron chi connectivity index (χ0n) is 15.6. The third-order valence-corrected chi connectivity index (χ3v) is 5.70. The van der Waals surface area contributed by atoms with Crippen LogP contribution in [-0.4, -0.2) is 37.0 Å². The van der Waals surface area contributed by atoms with Crippen molar-refractivity contribution in [3.63, 3.8) is 0 Å². The summed E-state index contributed by atoms with van der Waals surface area (Å²) in [5.74, 6) is -1.37. The molecule has 0 aromatic heterocycles. The molecule has 0 bridgehead atoms. The molecule has 0 heterocycles. The van der Waals surface area contributed by atoms with Crippen LogP contribution in [0.4, 0.5) is 4.79 Å². The van der Waals surface area contributed by atoms with E-state index in [-0.39, 0.29) is 19.8 Å². The van der Waals surface area contributed by atoms with Crippen LogP contribution < -0.4 is 10.6 Å². The molecule has 9 heteroatoms. The second-order valence-corrected chi connectivity index (χ2v) is 7.86. The Balaban J connectivity index is 2.50. The number of benzene rings is 1. The van der Waals surface area contributed by atoms with Crippen LogP contribution in [0.15, 0.2) is 30.3 Å². The van der Waals surface area contributed by atoms with Gasteiger partial charge in [0.15, 0.2) is 0 Å². The zero-order chi connectivity index (χ0) is 19.6. The van der Waals surface area contributed by atoms with Crippen LogP contribution in [-0.2, 0) is 29.8 Å². The summed E-state index contributed by atoms with van der Waals surface area (Å²) in [5.41, 5.74) is 0.836. The van der Waals surface area contributed by atoms with Crippen LogP contribution in [0.3, 0.4) is 0 Å². The summed E-state index contributed by atoms with van der Waals surface area (Å²) in [6.45, 7) is 6.89. The first-order valence-electron chi connectivity index (χ1n) is 8.48. The summed E-state index contributed by atoms with van der Waals surface area (Å²) in [7, 11) is -3.47. The zero-order valence-corrected chi connectivity index (χ0v) is 16.5. The van der Waals surface area contributed by atoms with Crippen LogP contribution in [0.25, 0.3) is 0 Å².